The van der Waals surface area contributed by atoms with Gasteiger partial charge in [-0.05, 0) is 0 Å². The van der Waals surface area contributed by atoms with Gasteiger partial charge in [-0.25, -0.2) is 0 Å². The summed E-state index contributed by atoms with van der Waals surface area (Å²) in [7, 11) is 0. The van der Waals surface area contributed by atoms with Crippen LogP contribution < -0.4 is 11.5 Å². The molecule has 11 nitrogen and oxygen atoms in total. The number of nitrogens with two attached hydrogens (primary N) is 2. The lowest BCUT2D eigenvalue weighted by atomic mass is 9.96. The van der Waals surface area contributed by atoms with Crippen molar-refractivity contribution in [1.29, 1.82) is 0 Å². The molecule has 0 aliphatic carbocycles. The number of rotatable bonds is 4. The van der Waals surface area contributed by atoms with E-state index in [-0.39, 0.29) is 13.1 Å². The predicted octanol–water partition coefficient (Wildman–Crippen LogP) is -5.46. The van der Waals surface area contributed by atoms with E-state index in [1.807, 2.05) is 0 Å². The van der Waals surface area contributed by atoms with Crippen LogP contribution in [0, 0.1) is 0 Å². The summed E-state index contributed by atoms with van der Waals surface area (Å²) in [6, 6.07) is 0. The molecule has 11 heteroatoms. The van der Waals surface area contributed by atoms with Crippen molar-refractivity contribution in [3.63, 3.8) is 0 Å². The fraction of sp³-hybridized carbons (Fsp3) is 1.00. The summed E-state index contributed by atoms with van der Waals surface area (Å²) in [6.45, 7) is -0.296. The summed E-state index contributed by atoms with van der Waals surface area (Å²) in [4.78, 5) is 0. The molecular formula is C12H24N2O9. The minimum atomic E-state index is -1.65. The van der Waals surface area contributed by atoms with Crippen molar-refractivity contribution in [2.24, 2.45) is 11.5 Å². The van der Waals surface area contributed by atoms with Gasteiger partial charge in [-0.1, -0.05) is 0 Å². The minimum absolute atomic E-state index is 0.143. The van der Waals surface area contributed by atoms with Crippen molar-refractivity contribution < 1.29 is 44.8 Å². The predicted molar refractivity (Wildman–Crippen MR) is 72.6 cm³/mol. The van der Waals surface area contributed by atoms with Gasteiger partial charge >= 0.3 is 0 Å². The SMILES string of the molecule is NCC1O[C@@H](O[C@@H]2C(CN)OC(O)C(O)C2O)C(O)C(O)[C@H]1O. The highest BCUT2D eigenvalue weighted by molar-refractivity contribution is 4.94. The molecule has 0 radical (unpaired) electrons. The molecule has 2 saturated heterocycles. The molecule has 136 valence electrons. The quantitative estimate of drug-likeness (QED) is 0.242. The topological polar surface area (TPSA) is 201 Å². The number of aliphatic hydroxyl groups is 6. The summed E-state index contributed by atoms with van der Waals surface area (Å²) in [5.41, 5.74) is 10.9. The van der Waals surface area contributed by atoms with Crippen LogP contribution in [0.1, 0.15) is 0 Å². The Morgan fingerprint density at radius 1 is 0.696 bits per heavy atom. The number of aliphatic hydroxyl groups excluding tert-OH is 6. The van der Waals surface area contributed by atoms with Crippen molar-refractivity contribution in [3.8, 4) is 0 Å². The second-order valence-corrected chi connectivity index (χ2v) is 5.63. The Morgan fingerprint density at radius 3 is 1.87 bits per heavy atom. The molecule has 0 bridgehead atoms. The molecule has 2 aliphatic heterocycles. The normalized spacial score (nSPS) is 51.7. The van der Waals surface area contributed by atoms with Crippen LogP contribution >= 0.6 is 0 Å². The molecule has 0 saturated carbocycles. The monoisotopic (exact) mass is 340 g/mol. The molecule has 0 aromatic heterocycles. The lowest BCUT2D eigenvalue weighted by Gasteiger charge is -2.45. The molecule has 2 fully saturated rings. The van der Waals surface area contributed by atoms with Gasteiger partial charge in [-0.15, -0.1) is 0 Å². The average Bonchev–Trinajstić information content (AvgIpc) is 2.55. The number of hydrogen-bond donors (Lipinski definition) is 8. The van der Waals surface area contributed by atoms with Crippen molar-refractivity contribution in [2.75, 3.05) is 13.1 Å². The van der Waals surface area contributed by atoms with Crippen molar-refractivity contribution in [2.45, 2.75) is 61.4 Å². The van der Waals surface area contributed by atoms with Crippen molar-refractivity contribution >= 4 is 0 Å². The van der Waals surface area contributed by atoms with Gasteiger partial charge in [0.05, 0.1) is 0 Å². The Balaban J connectivity index is 2.11. The summed E-state index contributed by atoms with van der Waals surface area (Å²) < 4.78 is 15.7. The van der Waals surface area contributed by atoms with E-state index in [9.17, 15) is 30.6 Å². The van der Waals surface area contributed by atoms with Crippen LogP contribution in [0.4, 0.5) is 0 Å². The van der Waals surface area contributed by atoms with Gasteiger partial charge in [0.25, 0.3) is 0 Å². The highest BCUT2D eigenvalue weighted by Gasteiger charge is 2.49. The van der Waals surface area contributed by atoms with Crippen LogP contribution in [0.15, 0.2) is 0 Å². The van der Waals surface area contributed by atoms with Gasteiger partial charge in [0, 0.05) is 13.1 Å². The molecule has 0 aromatic rings. The van der Waals surface area contributed by atoms with Crippen LogP contribution in [-0.2, 0) is 14.2 Å². The molecule has 10 atom stereocenters. The third-order valence-corrected chi connectivity index (χ3v) is 4.08. The standard InChI is InChI=1S/C12H24N2O9/c13-1-3-5(15)6(16)9(19)12(22-3)23-10-4(2-14)21-11(20)8(18)7(10)17/h3-12,15-20H,1-2,13-14H2/t3?,4?,5-,6?,7?,8?,9?,10+,11?,12-/m0/s1. The maximum absolute atomic E-state index is 10.0. The van der Waals surface area contributed by atoms with Gasteiger partial charge in [0.2, 0.25) is 0 Å². The molecular weight excluding hydrogens is 316 g/mol. The van der Waals surface area contributed by atoms with Crippen LogP contribution in [0.5, 0.6) is 0 Å². The van der Waals surface area contributed by atoms with E-state index in [1.165, 1.54) is 0 Å². The Morgan fingerprint density at radius 2 is 1.30 bits per heavy atom. The first-order valence-corrected chi connectivity index (χ1v) is 7.26. The van der Waals surface area contributed by atoms with E-state index in [2.05, 4.69) is 0 Å². The van der Waals surface area contributed by atoms with Crippen LogP contribution in [0.2, 0.25) is 0 Å². The third-order valence-electron chi connectivity index (χ3n) is 4.08. The zero-order valence-corrected chi connectivity index (χ0v) is 12.3. The zero-order valence-electron chi connectivity index (χ0n) is 12.3. The highest BCUT2D eigenvalue weighted by atomic mass is 16.7. The third kappa shape index (κ3) is 3.65. The van der Waals surface area contributed by atoms with E-state index in [4.69, 9.17) is 25.7 Å². The van der Waals surface area contributed by atoms with Crippen molar-refractivity contribution in [3.05, 3.63) is 0 Å². The first-order valence-electron chi connectivity index (χ1n) is 7.26. The summed E-state index contributed by atoms with van der Waals surface area (Å²) in [5, 5.41) is 58.6. The van der Waals surface area contributed by atoms with E-state index in [0.717, 1.165) is 0 Å². The van der Waals surface area contributed by atoms with Gasteiger partial charge in [-0.2, -0.15) is 0 Å². The Labute approximate surface area is 132 Å². The molecule has 7 unspecified atom stereocenters. The highest BCUT2D eigenvalue weighted by Crippen LogP contribution is 2.28. The maximum atomic E-state index is 10.0. The van der Waals surface area contributed by atoms with Crippen LogP contribution in [0.25, 0.3) is 0 Å². The van der Waals surface area contributed by atoms with E-state index in [1.54, 1.807) is 0 Å². The zero-order chi connectivity index (χ0) is 17.3. The van der Waals surface area contributed by atoms with Gasteiger partial charge in [-0.3, -0.25) is 0 Å². The first-order chi connectivity index (χ1) is 10.8. The van der Waals surface area contributed by atoms with Crippen LogP contribution in [-0.4, -0.2) is 105 Å². The fourth-order valence-electron chi connectivity index (χ4n) is 2.66. The van der Waals surface area contributed by atoms with E-state index in [0.29, 0.717) is 0 Å². The molecule has 10 N–H and O–H groups in total. The van der Waals surface area contributed by atoms with Gasteiger partial charge in [0.15, 0.2) is 12.6 Å². The van der Waals surface area contributed by atoms with Crippen molar-refractivity contribution in [1.82, 2.24) is 0 Å². The second kappa shape index (κ2) is 7.63. The number of hydrogen-bond acceptors (Lipinski definition) is 11. The molecule has 2 rings (SSSR count). The molecule has 2 heterocycles. The second-order valence-electron chi connectivity index (χ2n) is 5.63. The molecule has 0 amide bonds. The van der Waals surface area contributed by atoms with Crippen LogP contribution in [0.3, 0.4) is 0 Å². The van der Waals surface area contributed by atoms with Gasteiger partial charge < -0.3 is 56.3 Å². The lowest BCUT2D eigenvalue weighted by molar-refractivity contribution is -0.349. The van der Waals surface area contributed by atoms with E-state index < -0.39 is 61.4 Å². The summed E-state index contributed by atoms with van der Waals surface area (Å²) >= 11 is 0. The summed E-state index contributed by atoms with van der Waals surface area (Å²) in [6.07, 6.45) is -14.1. The largest absolute Gasteiger partial charge is 0.388 e. The molecule has 2 aliphatic rings. The van der Waals surface area contributed by atoms with E-state index >= 15 is 0 Å². The lowest BCUT2D eigenvalue weighted by Crippen LogP contribution is -2.65. The first kappa shape index (κ1) is 18.9. The fourth-order valence-corrected chi connectivity index (χ4v) is 2.66. The van der Waals surface area contributed by atoms with Gasteiger partial charge in [0.1, 0.15) is 48.8 Å². The number of ether oxygens (including phenoxy) is 3. The Kier molecular flexibility index (Phi) is 6.27. The minimum Gasteiger partial charge on any atom is -0.388 e. The Hall–Kier alpha value is -0.440. The summed E-state index contributed by atoms with van der Waals surface area (Å²) in [5.74, 6) is 0. The molecule has 0 aromatic carbocycles. The average molecular weight is 340 g/mol. The Bertz CT molecular complexity index is 386. The smallest absolute Gasteiger partial charge is 0.187 e. The molecule has 0 spiro atoms. The maximum Gasteiger partial charge on any atom is 0.187 e. The molecule has 23 heavy (non-hydrogen) atoms.